The molecule has 2 aromatic rings. The van der Waals surface area contributed by atoms with Gasteiger partial charge in [-0.3, -0.25) is 4.79 Å². The Labute approximate surface area is 157 Å². The SMILES string of the molecule is Cc1cc(C)cc(CCCC(=O)c2ccc(CC[C@@](C)(N)CO)n2C)c1. The van der Waals surface area contributed by atoms with E-state index in [0.29, 0.717) is 12.8 Å². The molecule has 0 saturated carbocycles. The smallest absolute Gasteiger partial charge is 0.179 e. The molecule has 4 nitrogen and oxygen atoms in total. The van der Waals surface area contributed by atoms with Crippen molar-refractivity contribution in [3.63, 3.8) is 0 Å². The molecule has 1 aromatic heterocycles. The van der Waals surface area contributed by atoms with E-state index in [1.54, 1.807) is 0 Å². The lowest BCUT2D eigenvalue weighted by Crippen LogP contribution is -2.40. The first kappa shape index (κ1) is 20.4. The lowest BCUT2D eigenvalue weighted by atomic mass is 9.97. The average Bonchev–Trinajstić information content (AvgIpc) is 2.93. The molecule has 0 unspecified atom stereocenters. The van der Waals surface area contributed by atoms with Crippen molar-refractivity contribution in [1.82, 2.24) is 4.57 Å². The van der Waals surface area contributed by atoms with Crippen LogP contribution in [-0.4, -0.2) is 27.6 Å². The Bertz CT molecular complexity index is 739. The van der Waals surface area contributed by atoms with Crippen LogP contribution >= 0.6 is 0 Å². The molecule has 0 aliphatic carbocycles. The van der Waals surface area contributed by atoms with Gasteiger partial charge in [-0.2, -0.15) is 0 Å². The molecule has 0 spiro atoms. The zero-order valence-corrected chi connectivity index (χ0v) is 16.5. The molecule has 0 amide bonds. The summed E-state index contributed by atoms with van der Waals surface area (Å²) in [6.45, 7) is 6.02. The largest absolute Gasteiger partial charge is 0.394 e. The van der Waals surface area contributed by atoms with E-state index < -0.39 is 5.54 Å². The summed E-state index contributed by atoms with van der Waals surface area (Å²) in [5.74, 6) is 0.181. The third-order valence-corrected chi connectivity index (χ3v) is 4.98. The van der Waals surface area contributed by atoms with Crippen LogP contribution in [0.25, 0.3) is 0 Å². The second kappa shape index (κ2) is 8.65. The zero-order valence-electron chi connectivity index (χ0n) is 16.5. The first-order valence-corrected chi connectivity index (χ1v) is 9.36. The van der Waals surface area contributed by atoms with Crippen LogP contribution in [0.5, 0.6) is 0 Å². The van der Waals surface area contributed by atoms with Crippen LogP contribution < -0.4 is 5.73 Å². The first-order valence-electron chi connectivity index (χ1n) is 9.36. The van der Waals surface area contributed by atoms with E-state index in [9.17, 15) is 9.90 Å². The lowest BCUT2D eigenvalue weighted by Gasteiger charge is -2.21. The highest BCUT2D eigenvalue weighted by atomic mass is 16.3. The number of carbonyl (C=O) groups excluding carboxylic acids is 1. The molecule has 142 valence electrons. The van der Waals surface area contributed by atoms with Crippen LogP contribution in [0.1, 0.15) is 59.1 Å². The van der Waals surface area contributed by atoms with Crippen molar-refractivity contribution < 1.29 is 9.90 Å². The van der Waals surface area contributed by atoms with Crippen molar-refractivity contribution in [2.24, 2.45) is 12.8 Å². The number of hydrogen-bond donors (Lipinski definition) is 2. The molecule has 0 radical (unpaired) electrons. The van der Waals surface area contributed by atoms with Crippen LogP contribution in [0, 0.1) is 13.8 Å². The van der Waals surface area contributed by atoms with Gasteiger partial charge in [0.2, 0.25) is 0 Å². The number of aliphatic hydroxyl groups is 1. The summed E-state index contributed by atoms with van der Waals surface area (Å²) in [6, 6.07) is 10.5. The highest BCUT2D eigenvalue weighted by molar-refractivity contribution is 5.94. The number of hydrogen-bond acceptors (Lipinski definition) is 3. The second-order valence-electron chi connectivity index (χ2n) is 7.85. The van der Waals surface area contributed by atoms with Gasteiger partial charge in [0.05, 0.1) is 12.3 Å². The molecule has 2 rings (SSSR count). The molecule has 0 bridgehead atoms. The number of rotatable bonds is 9. The molecule has 0 aliphatic rings. The maximum atomic E-state index is 12.6. The fourth-order valence-electron chi connectivity index (χ4n) is 3.37. The van der Waals surface area contributed by atoms with Crippen molar-refractivity contribution >= 4 is 5.78 Å². The van der Waals surface area contributed by atoms with Crippen molar-refractivity contribution in [3.05, 3.63) is 58.4 Å². The summed E-state index contributed by atoms with van der Waals surface area (Å²) in [6.07, 6.45) is 3.76. The Morgan fingerprint density at radius 2 is 1.81 bits per heavy atom. The second-order valence-corrected chi connectivity index (χ2v) is 7.85. The van der Waals surface area contributed by atoms with E-state index in [1.807, 2.05) is 30.7 Å². The average molecular weight is 357 g/mol. The van der Waals surface area contributed by atoms with Crippen LogP contribution in [0.3, 0.4) is 0 Å². The van der Waals surface area contributed by atoms with Crippen molar-refractivity contribution in [2.75, 3.05) is 6.61 Å². The van der Waals surface area contributed by atoms with Crippen LogP contribution in [0.4, 0.5) is 0 Å². The number of benzene rings is 1. The predicted molar refractivity (Wildman–Crippen MR) is 107 cm³/mol. The monoisotopic (exact) mass is 356 g/mol. The molecule has 1 heterocycles. The minimum atomic E-state index is -0.583. The topological polar surface area (TPSA) is 68.2 Å². The molecule has 3 N–H and O–H groups in total. The van der Waals surface area contributed by atoms with Crippen molar-refractivity contribution in [3.8, 4) is 0 Å². The summed E-state index contributed by atoms with van der Waals surface area (Å²) in [4.78, 5) is 12.6. The quantitative estimate of drug-likeness (QED) is 0.676. The number of nitrogens with two attached hydrogens (primary N) is 1. The molecular weight excluding hydrogens is 324 g/mol. The molecule has 4 heteroatoms. The van der Waals surface area contributed by atoms with E-state index in [2.05, 4.69) is 32.0 Å². The third-order valence-electron chi connectivity index (χ3n) is 4.98. The standard InChI is InChI=1S/C22H32N2O2/c1-16-12-17(2)14-18(13-16)6-5-7-21(26)20-9-8-19(24(20)4)10-11-22(3,23)15-25/h8-9,12-14,25H,5-7,10-11,15,23H2,1-4H3/t22-/m1/s1. The van der Waals surface area contributed by atoms with Gasteiger partial charge in [-0.1, -0.05) is 29.3 Å². The van der Waals surface area contributed by atoms with Gasteiger partial charge in [0.15, 0.2) is 5.78 Å². The molecule has 26 heavy (non-hydrogen) atoms. The van der Waals surface area contributed by atoms with Gasteiger partial charge in [-0.15, -0.1) is 0 Å². The van der Waals surface area contributed by atoms with E-state index in [0.717, 1.165) is 30.7 Å². The first-order chi connectivity index (χ1) is 12.2. The highest BCUT2D eigenvalue weighted by Crippen LogP contribution is 2.17. The Balaban J connectivity index is 1.91. The van der Waals surface area contributed by atoms with Gasteiger partial charge in [0.25, 0.3) is 0 Å². The summed E-state index contributed by atoms with van der Waals surface area (Å²) in [5.41, 5.74) is 11.1. The fraction of sp³-hybridized carbons (Fsp3) is 0.500. The fourth-order valence-corrected chi connectivity index (χ4v) is 3.37. The summed E-state index contributed by atoms with van der Waals surface area (Å²) in [7, 11) is 1.93. The van der Waals surface area contributed by atoms with E-state index >= 15 is 0 Å². The lowest BCUT2D eigenvalue weighted by molar-refractivity contribution is 0.0972. The van der Waals surface area contributed by atoms with Gasteiger partial charge in [0, 0.05) is 24.7 Å². The maximum Gasteiger partial charge on any atom is 0.179 e. The number of Topliss-reactive ketones (excluding diaryl/α,β-unsaturated/α-hetero) is 1. The van der Waals surface area contributed by atoms with E-state index in [4.69, 9.17) is 5.73 Å². The summed E-state index contributed by atoms with van der Waals surface area (Å²) in [5, 5.41) is 9.27. The third kappa shape index (κ3) is 5.55. The van der Waals surface area contributed by atoms with Gasteiger partial charge < -0.3 is 15.4 Å². The van der Waals surface area contributed by atoms with Crippen LogP contribution in [0.15, 0.2) is 30.3 Å². The van der Waals surface area contributed by atoms with Crippen molar-refractivity contribution in [1.29, 1.82) is 0 Å². The van der Waals surface area contributed by atoms with Crippen molar-refractivity contribution in [2.45, 2.75) is 58.4 Å². The number of nitrogens with zero attached hydrogens (tertiary/aromatic N) is 1. The minimum Gasteiger partial charge on any atom is -0.394 e. The number of carbonyl (C=O) groups is 1. The van der Waals surface area contributed by atoms with Gasteiger partial charge in [0.1, 0.15) is 0 Å². The summed E-state index contributed by atoms with van der Waals surface area (Å²) < 4.78 is 1.96. The maximum absolute atomic E-state index is 12.6. The molecule has 0 aliphatic heterocycles. The predicted octanol–water partition coefficient (Wildman–Crippen LogP) is 3.49. The van der Waals surface area contributed by atoms with Gasteiger partial charge in [-0.05, 0) is 64.2 Å². The number of aliphatic hydroxyl groups excluding tert-OH is 1. The van der Waals surface area contributed by atoms with Crippen LogP contribution in [-0.2, 0) is 19.9 Å². The Morgan fingerprint density at radius 3 is 2.42 bits per heavy atom. The van der Waals surface area contributed by atoms with Crippen LogP contribution in [0.2, 0.25) is 0 Å². The molecular formula is C22H32N2O2. The minimum absolute atomic E-state index is 0.0400. The number of ketones is 1. The number of aromatic nitrogens is 1. The number of aryl methyl sites for hydroxylation is 4. The molecule has 0 saturated heterocycles. The van der Waals surface area contributed by atoms with Gasteiger partial charge in [-0.25, -0.2) is 0 Å². The zero-order chi connectivity index (χ0) is 19.3. The molecule has 1 atom stereocenters. The Morgan fingerprint density at radius 1 is 1.15 bits per heavy atom. The highest BCUT2D eigenvalue weighted by Gasteiger charge is 2.19. The van der Waals surface area contributed by atoms with Gasteiger partial charge >= 0.3 is 0 Å². The summed E-state index contributed by atoms with van der Waals surface area (Å²) >= 11 is 0. The Kier molecular flexibility index (Phi) is 6.79. The molecule has 0 fully saturated rings. The molecule has 1 aromatic carbocycles. The van der Waals surface area contributed by atoms with E-state index in [1.165, 1.54) is 16.7 Å². The normalized spacial score (nSPS) is 13.6. The van der Waals surface area contributed by atoms with E-state index in [-0.39, 0.29) is 12.4 Å². The Hall–Kier alpha value is -1.91.